The van der Waals surface area contributed by atoms with Crippen molar-refractivity contribution in [1.29, 1.82) is 0 Å². The van der Waals surface area contributed by atoms with E-state index < -0.39 is 5.97 Å². The molecule has 1 aliphatic carbocycles. The van der Waals surface area contributed by atoms with Gasteiger partial charge in [-0.15, -0.1) is 10.2 Å². The summed E-state index contributed by atoms with van der Waals surface area (Å²) in [5.41, 5.74) is 1.54. The van der Waals surface area contributed by atoms with E-state index in [0.29, 0.717) is 11.2 Å². The second kappa shape index (κ2) is 4.74. The molecule has 0 amide bonds. The van der Waals surface area contributed by atoms with E-state index in [4.69, 9.17) is 0 Å². The van der Waals surface area contributed by atoms with Crippen LogP contribution in [-0.4, -0.2) is 27.8 Å². The summed E-state index contributed by atoms with van der Waals surface area (Å²) in [6.07, 6.45) is 3.61. The number of carboxylic acid groups (broad SMARTS) is 1. The van der Waals surface area contributed by atoms with E-state index in [9.17, 15) is 9.90 Å². The number of anilines is 1. The van der Waals surface area contributed by atoms with Gasteiger partial charge in [0, 0.05) is 11.9 Å². The molecule has 0 atom stereocenters. The van der Waals surface area contributed by atoms with E-state index in [0.717, 1.165) is 11.9 Å². The first kappa shape index (κ1) is 12.8. The summed E-state index contributed by atoms with van der Waals surface area (Å²) in [6, 6.07) is 7.46. The van der Waals surface area contributed by atoms with Crippen LogP contribution in [0.1, 0.15) is 36.7 Å². The fourth-order valence-corrected chi connectivity index (χ4v) is 2.64. The Morgan fingerprint density at radius 3 is 2.75 bits per heavy atom. The van der Waals surface area contributed by atoms with Crippen LogP contribution >= 0.6 is 0 Å². The third kappa shape index (κ3) is 2.19. The number of rotatable bonds is 4. The van der Waals surface area contributed by atoms with Crippen molar-refractivity contribution in [2.24, 2.45) is 5.41 Å². The molecule has 0 aliphatic heterocycles. The maximum absolute atomic E-state index is 11.3. The maximum atomic E-state index is 11.3. The van der Waals surface area contributed by atoms with Crippen LogP contribution in [0.15, 0.2) is 24.3 Å². The molecule has 104 valence electrons. The molecule has 0 unspecified atom stereocenters. The molecular formula is C15H17N3O2. The Morgan fingerprint density at radius 2 is 2.10 bits per heavy atom. The molecule has 5 nitrogen and oxygen atoms in total. The number of hydrogen-bond donors (Lipinski definition) is 2. The predicted molar refractivity (Wildman–Crippen MR) is 76.9 cm³/mol. The zero-order valence-corrected chi connectivity index (χ0v) is 11.4. The number of benzene rings is 1. The van der Waals surface area contributed by atoms with Gasteiger partial charge < -0.3 is 10.4 Å². The van der Waals surface area contributed by atoms with Crippen molar-refractivity contribution in [3.63, 3.8) is 0 Å². The summed E-state index contributed by atoms with van der Waals surface area (Å²) < 4.78 is 0. The fraction of sp³-hybridized carbons (Fsp3) is 0.400. The third-order valence-electron chi connectivity index (χ3n) is 4.12. The topological polar surface area (TPSA) is 75.1 Å². The summed E-state index contributed by atoms with van der Waals surface area (Å²) in [5, 5.41) is 21.2. The van der Waals surface area contributed by atoms with Gasteiger partial charge in [0.1, 0.15) is 0 Å². The Morgan fingerprint density at radius 1 is 1.35 bits per heavy atom. The van der Waals surface area contributed by atoms with Crippen molar-refractivity contribution in [1.82, 2.24) is 10.2 Å². The molecule has 1 aliphatic rings. The predicted octanol–water partition coefficient (Wildman–Crippen LogP) is 2.93. The lowest BCUT2D eigenvalue weighted by molar-refractivity contribution is 0.0690. The number of aromatic nitrogens is 2. The van der Waals surface area contributed by atoms with Crippen molar-refractivity contribution in [2.45, 2.75) is 26.2 Å². The first-order valence-corrected chi connectivity index (χ1v) is 6.82. The number of nitrogens with one attached hydrogen (secondary N) is 1. The van der Waals surface area contributed by atoms with Gasteiger partial charge in [0.25, 0.3) is 0 Å². The molecule has 3 rings (SSSR count). The average Bonchev–Trinajstić information content (AvgIpc) is 2.42. The van der Waals surface area contributed by atoms with Gasteiger partial charge in [-0.05, 0) is 24.3 Å². The molecule has 0 bridgehead atoms. The number of carbonyl (C=O) groups is 1. The summed E-state index contributed by atoms with van der Waals surface area (Å²) in [6.45, 7) is 2.99. The molecule has 2 aromatic rings. The van der Waals surface area contributed by atoms with Crippen LogP contribution < -0.4 is 5.32 Å². The number of carboxylic acids is 1. The minimum absolute atomic E-state index is 0.00776. The van der Waals surface area contributed by atoms with Gasteiger partial charge in [0.2, 0.25) is 0 Å². The smallest absolute Gasteiger partial charge is 0.358 e. The van der Waals surface area contributed by atoms with Crippen LogP contribution in [-0.2, 0) is 0 Å². The van der Waals surface area contributed by atoms with Crippen molar-refractivity contribution in [3.05, 3.63) is 30.0 Å². The van der Waals surface area contributed by atoms with Gasteiger partial charge >= 0.3 is 5.97 Å². The lowest BCUT2D eigenvalue weighted by atomic mass is 9.70. The fourth-order valence-electron chi connectivity index (χ4n) is 2.64. The molecule has 1 fully saturated rings. The molecule has 5 heteroatoms. The Bertz CT molecular complexity index is 665. The minimum atomic E-state index is -1.05. The quantitative estimate of drug-likeness (QED) is 0.894. The SMILES string of the molecule is CC1(CNc2c(C(=O)O)nnc3ccccc23)CCC1. The first-order valence-electron chi connectivity index (χ1n) is 6.82. The molecule has 20 heavy (non-hydrogen) atoms. The largest absolute Gasteiger partial charge is 0.476 e. The standard InChI is InChI=1S/C15H17N3O2/c1-15(7-4-8-15)9-16-12-10-5-2-3-6-11(10)17-18-13(12)14(19)20/h2-3,5-6H,4,7-9H2,1H3,(H,16,17)(H,19,20). The highest BCUT2D eigenvalue weighted by molar-refractivity contribution is 6.02. The number of fused-ring (bicyclic) bond motifs is 1. The first-order chi connectivity index (χ1) is 9.59. The summed E-state index contributed by atoms with van der Waals surface area (Å²) in [7, 11) is 0. The molecular weight excluding hydrogens is 254 g/mol. The molecule has 1 heterocycles. The zero-order chi connectivity index (χ0) is 14.2. The van der Waals surface area contributed by atoms with Gasteiger partial charge in [-0.25, -0.2) is 4.79 Å². The highest BCUT2D eigenvalue weighted by Gasteiger charge is 2.32. The normalized spacial score (nSPS) is 16.6. The van der Waals surface area contributed by atoms with E-state index >= 15 is 0 Å². The molecule has 1 saturated carbocycles. The van der Waals surface area contributed by atoms with E-state index in [1.54, 1.807) is 0 Å². The van der Waals surface area contributed by atoms with E-state index in [1.807, 2.05) is 24.3 Å². The summed E-state index contributed by atoms with van der Waals surface area (Å²) in [4.78, 5) is 11.3. The van der Waals surface area contributed by atoms with Crippen molar-refractivity contribution < 1.29 is 9.90 Å². The summed E-state index contributed by atoms with van der Waals surface area (Å²) >= 11 is 0. The number of nitrogens with zero attached hydrogens (tertiary/aromatic N) is 2. The van der Waals surface area contributed by atoms with Crippen LogP contribution in [0, 0.1) is 5.41 Å². The Hall–Kier alpha value is -2.17. The van der Waals surface area contributed by atoms with Crippen molar-refractivity contribution in [2.75, 3.05) is 11.9 Å². The van der Waals surface area contributed by atoms with E-state index in [-0.39, 0.29) is 11.1 Å². The van der Waals surface area contributed by atoms with Crippen LogP contribution in [0.25, 0.3) is 10.9 Å². The highest BCUT2D eigenvalue weighted by Crippen LogP contribution is 2.40. The monoisotopic (exact) mass is 271 g/mol. The van der Waals surface area contributed by atoms with Gasteiger partial charge in [-0.3, -0.25) is 0 Å². The van der Waals surface area contributed by atoms with E-state index in [1.165, 1.54) is 19.3 Å². The third-order valence-corrected chi connectivity index (χ3v) is 4.12. The van der Waals surface area contributed by atoms with Gasteiger partial charge in [0.15, 0.2) is 5.69 Å². The molecule has 0 spiro atoms. The van der Waals surface area contributed by atoms with Gasteiger partial charge in [-0.1, -0.05) is 31.5 Å². The van der Waals surface area contributed by atoms with Gasteiger partial charge in [-0.2, -0.15) is 0 Å². The number of aromatic carboxylic acids is 1. The molecule has 0 radical (unpaired) electrons. The maximum Gasteiger partial charge on any atom is 0.358 e. The zero-order valence-electron chi connectivity index (χ0n) is 11.4. The minimum Gasteiger partial charge on any atom is -0.476 e. The Balaban J connectivity index is 2.00. The molecule has 0 saturated heterocycles. The van der Waals surface area contributed by atoms with Gasteiger partial charge in [0.05, 0.1) is 11.2 Å². The van der Waals surface area contributed by atoms with Crippen LogP contribution in [0.3, 0.4) is 0 Å². The molecule has 1 aromatic carbocycles. The second-order valence-electron chi connectivity index (χ2n) is 5.76. The van der Waals surface area contributed by atoms with Crippen LogP contribution in [0.4, 0.5) is 5.69 Å². The molecule has 2 N–H and O–H groups in total. The number of hydrogen-bond acceptors (Lipinski definition) is 4. The lowest BCUT2D eigenvalue weighted by Gasteiger charge is -2.38. The van der Waals surface area contributed by atoms with E-state index in [2.05, 4.69) is 22.4 Å². The van der Waals surface area contributed by atoms with Crippen LogP contribution in [0.5, 0.6) is 0 Å². The Labute approximate surface area is 117 Å². The molecule has 1 aromatic heterocycles. The van der Waals surface area contributed by atoms with Crippen molar-refractivity contribution in [3.8, 4) is 0 Å². The van der Waals surface area contributed by atoms with Crippen molar-refractivity contribution >= 4 is 22.6 Å². The lowest BCUT2D eigenvalue weighted by Crippen LogP contribution is -2.33. The average molecular weight is 271 g/mol. The highest BCUT2D eigenvalue weighted by atomic mass is 16.4. The van der Waals surface area contributed by atoms with Crippen LogP contribution in [0.2, 0.25) is 0 Å². The summed E-state index contributed by atoms with van der Waals surface area (Å²) in [5.74, 6) is -1.05. The second-order valence-corrected chi connectivity index (χ2v) is 5.76. The Kier molecular flexibility index (Phi) is 3.04.